The first-order valence-electron chi connectivity index (χ1n) is 21.0. The Morgan fingerprint density at radius 3 is 1.55 bits per heavy atom. The highest BCUT2D eigenvalue weighted by atomic mass is 16.5. The second kappa shape index (κ2) is 37.4. The Bertz CT molecular complexity index is 787. The first-order valence-corrected chi connectivity index (χ1v) is 21.0. The molecule has 0 heterocycles. The molecule has 1 amide bonds. The lowest BCUT2D eigenvalue weighted by Crippen LogP contribution is -2.40. The average Bonchev–Trinajstić information content (AvgIpc) is 3.08. The van der Waals surface area contributed by atoms with E-state index in [1.165, 1.54) is 116 Å². The SMILES string of the molecule is CCC/C=C\CCCCCCCC(=O)OC(CCCCCCCCCCCCCCC)CCCCCCCC(=O)NC(CCCN)C(=O)O. The summed E-state index contributed by atoms with van der Waals surface area (Å²) in [7, 11) is 0. The number of esters is 1. The summed E-state index contributed by atoms with van der Waals surface area (Å²) in [5, 5.41) is 11.9. The largest absolute Gasteiger partial charge is 0.480 e. The molecule has 7 nitrogen and oxygen atoms in total. The standard InChI is InChI=1S/C42H80N2O5/c1-3-5-7-9-11-13-15-16-17-18-20-23-27-32-38(49-41(46)36-30-26-21-19-14-12-10-8-6-4-2)33-28-24-22-25-29-35-40(45)44-39(42(47)48)34-31-37-43/h8,10,38-39H,3-7,9,11-37,43H2,1-2H3,(H,44,45)(H,47,48)/b10-8-. The quantitative estimate of drug-likeness (QED) is 0.0337. The van der Waals surface area contributed by atoms with Crippen LogP contribution in [-0.4, -0.2) is 41.6 Å². The zero-order valence-corrected chi connectivity index (χ0v) is 32.3. The number of ether oxygens (including phenoxy) is 1. The van der Waals surface area contributed by atoms with Crippen LogP contribution in [0.4, 0.5) is 0 Å². The molecule has 0 aliphatic heterocycles. The Kier molecular flexibility index (Phi) is 35.9. The van der Waals surface area contributed by atoms with E-state index in [1.54, 1.807) is 0 Å². The number of carboxylic acid groups (broad SMARTS) is 1. The minimum Gasteiger partial charge on any atom is -0.480 e. The summed E-state index contributed by atoms with van der Waals surface area (Å²) in [4.78, 5) is 36.3. The summed E-state index contributed by atoms with van der Waals surface area (Å²) in [6.45, 7) is 4.90. The van der Waals surface area contributed by atoms with Crippen molar-refractivity contribution in [2.24, 2.45) is 5.73 Å². The number of nitrogens with one attached hydrogen (secondary N) is 1. The molecule has 0 aromatic carbocycles. The number of hydrogen-bond donors (Lipinski definition) is 3. The summed E-state index contributed by atoms with van der Waals surface area (Å²) in [5.74, 6) is -1.23. The molecule has 2 unspecified atom stereocenters. The Hall–Kier alpha value is -1.89. The molecule has 0 radical (unpaired) electrons. The number of hydrogen-bond acceptors (Lipinski definition) is 5. The topological polar surface area (TPSA) is 119 Å². The predicted molar refractivity (Wildman–Crippen MR) is 207 cm³/mol. The van der Waals surface area contributed by atoms with Crippen LogP contribution in [0.25, 0.3) is 0 Å². The van der Waals surface area contributed by atoms with Gasteiger partial charge in [0.15, 0.2) is 0 Å². The Morgan fingerprint density at radius 2 is 1.04 bits per heavy atom. The van der Waals surface area contributed by atoms with Gasteiger partial charge in [-0.2, -0.15) is 0 Å². The number of unbranched alkanes of at least 4 members (excludes halogenated alkanes) is 22. The highest BCUT2D eigenvalue weighted by Crippen LogP contribution is 2.19. The summed E-state index contributed by atoms with van der Waals surface area (Å²) >= 11 is 0. The van der Waals surface area contributed by atoms with Gasteiger partial charge in [-0.15, -0.1) is 0 Å². The van der Waals surface area contributed by atoms with E-state index in [4.69, 9.17) is 10.5 Å². The van der Waals surface area contributed by atoms with E-state index < -0.39 is 12.0 Å². The minimum absolute atomic E-state index is 0.0161. The smallest absolute Gasteiger partial charge is 0.326 e. The van der Waals surface area contributed by atoms with Crippen molar-refractivity contribution in [3.05, 3.63) is 12.2 Å². The van der Waals surface area contributed by atoms with Crippen molar-refractivity contribution < 1.29 is 24.2 Å². The molecule has 4 N–H and O–H groups in total. The van der Waals surface area contributed by atoms with Gasteiger partial charge in [0, 0.05) is 12.8 Å². The third-order valence-corrected chi connectivity index (χ3v) is 9.56. The van der Waals surface area contributed by atoms with E-state index >= 15 is 0 Å². The van der Waals surface area contributed by atoms with Gasteiger partial charge in [0.05, 0.1) is 0 Å². The monoisotopic (exact) mass is 693 g/mol. The lowest BCUT2D eigenvalue weighted by molar-refractivity contribution is -0.150. The Labute approximate surface area is 302 Å². The van der Waals surface area contributed by atoms with Crippen LogP contribution in [0.15, 0.2) is 12.2 Å². The van der Waals surface area contributed by atoms with E-state index in [1.807, 2.05) is 0 Å². The number of carbonyl (C=O) groups is 3. The number of allylic oxidation sites excluding steroid dienone is 2. The molecule has 7 heteroatoms. The second-order valence-electron chi connectivity index (χ2n) is 14.4. The molecular weight excluding hydrogens is 612 g/mol. The third-order valence-electron chi connectivity index (χ3n) is 9.56. The van der Waals surface area contributed by atoms with Crippen LogP contribution in [0, 0.1) is 0 Å². The predicted octanol–water partition coefficient (Wildman–Crippen LogP) is 11.5. The molecule has 0 rings (SSSR count). The van der Waals surface area contributed by atoms with E-state index in [9.17, 15) is 19.5 Å². The molecule has 0 aromatic rings. The number of nitrogens with two attached hydrogens (primary N) is 1. The maximum Gasteiger partial charge on any atom is 0.326 e. The van der Waals surface area contributed by atoms with E-state index in [-0.39, 0.29) is 18.0 Å². The minimum atomic E-state index is -1.00. The Morgan fingerprint density at radius 1 is 0.571 bits per heavy atom. The lowest BCUT2D eigenvalue weighted by atomic mass is 10.0. The van der Waals surface area contributed by atoms with Crippen LogP contribution in [0.5, 0.6) is 0 Å². The zero-order chi connectivity index (χ0) is 36.0. The van der Waals surface area contributed by atoms with Gasteiger partial charge >= 0.3 is 11.9 Å². The van der Waals surface area contributed by atoms with Gasteiger partial charge in [-0.05, 0) is 77.2 Å². The fourth-order valence-corrected chi connectivity index (χ4v) is 6.39. The molecular formula is C42H80N2O5. The van der Waals surface area contributed by atoms with Crippen LogP contribution in [0.2, 0.25) is 0 Å². The van der Waals surface area contributed by atoms with E-state index in [2.05, 4.69) is 31.3 Å². The van der Waals surface area contributed by atoms with Crippen molar-refractivity contribution in [1.82, 2.24) is 5.32 Å². The molecule has 0 saturated heterocycles. The van der Waals surface area contributed by atoms with Gasteiger partial charge < -0.3 is 20.9 Å². The van der Waals surface area contributed by atoms with Crippen molar-refractivity contribution in [3.8, 4) is 0 Å². The maximum atomic E-state index is 12.7. The molecule has 0 saturated carbocycles. The van der Waals surface area contributed by atoms with Gasteiger partial charge in [0.25, 0.3) is 0 Å². The molecule has 0 fully saturated rings. The van der Waals surface area contributed by atoms with Crippen LogP contribution in [0.3, 0.4) is 0 Å². The van der Waals surface area contributed by atoms with Gasteiger partial charge in [-0.3, -0.25) is 9.59 Å². The Balaban J connectivity index is 4.31. The molecule has 0 bridgehead atoms. The highest BCUT2D eigenvalue weighted by Gasteiger charge is 2.19. The molecule has 0 aromatic heterocycles. The number of amides is 1. The van der Waals surface area contributed by atoms with Crippen molar-refractivity contribution in [3.63, 3.8) is 0 Å². The summed E-state index contributed by atoms with van der Waals surface area (Å²) in [6, 6.07) is -0.853. The van der Waals surface area contributed by atoms with Gasteiger partial charge in [0.1, 0.15) is 12.1 Å². The van der Waals surface area contributed by atoms with Crippen LogP contribution in [-0.2, 0) is 19.1 Å². The van der Waals surface area contributed by atoms with Crippen molar-refractivity contribution >= 4 is 17.8 Å². The summed E-state index contributed by atoms with van der Waals surface area (Å²) in [6.07, 6.45) is 39.7. The number of carboxylic acids is 1. The molecule has 0 aliphatic carbocycles. The van der Waals surface area contributed by atoms with Crippen molar-refractivity contribution in [2.75, 3.05) is 6.54 Å². The molecule has 49 heavy (non-hydrogen) atoms. The second-order valence-corrected chi connectivity index (χ2v) is 14.4. The lowest BCUT2D eigenvalue weighted by Gasteiger charge is -2.18. The first-order chi connectivity index (χ1) is 23.9. The molecule has 0 spiro atoms. The van der Waals surface area contributed by atoms with Crippen molar-refractivity contribution in [2.45, 2.75) is 231 Å². The van der Waals surface area contributed by atoms with Gasteiger partial charge in [0.2, 0.25) is 5.91 Å². The van der Waals surface area contributed by atoms with Crippen LogP contribution >= 0.6 is 0 Å². The summed E-state index contributed by atoms with van der Waals surface area (Å²) in [5.41, 5.74) is 5.48. The fourth-order valence-electron chi connectivity index (χ4n) is 6.39. The third kappa shape index (κ3) is 34.3. The van der Waals surface area contributed by atoms with Gasteiger partial charge in [-0.1, -0.05) is 148 Å². The van der Waals surface area contributed by atoms with Gasteiger partial charge in [-0.25, -0.2) is 4.79 Å². The van der Waals surface area contributed by atoms with Crippen molar-refractivity contribution in [1.29, 1.82) is 0 Å². The first kappa shape index (κ1) is 47.1. The summed E-state index contributed by atoms with van der Waals surface area (Å²) < 4.78 is 6.03. The van der Waals surface area contributed by atoms with Crippen LogP contribution < -0.4 is 11.1 Å². The molecule has 288 valence electrons. The average molecular weight is 693 g/mol. The maximum absolute atomic E-state index is 12.7. The normalized spacial score (nSPS) is 12.7. The zero-order valence-electron chi connectivity index (χ0n) is 32.3. The molecule has 0 aliphatic rings. The fraction of sp³-hybridized carbons (Fsp3) is 0.881. The van der Waals surface area contributed by atoms with Crippen LogP contribution in [0.1, 0.15) is 219 Å². The van der Waals surface area contributed by atoms with E-state index in [0.717, 1.165) is 64.2 Å². The van der Waals surface area contributed by atoms with E-state index in [0.29, 0.717) is 32.2 Å². The number of carbonyl (C=O) groups excluding carboxylic acids is 2. The number of aliphatic carboxylic acids is 1. The molecule has 2 atom stereocenters. The highest BCUT2D eigenvalue weighted by molar-refractivity contribution is 5.83. The number of rotatable bonds is 38.